The maximum atomic E-state index is 6.68. The second-order valence-electron chi connectivity index (χ2n) is 17.0. The molecule has 0 radical (unpaired) electrons. The zero-order valence-corrected chi connectivity index (χ0v) is 28.8. The molecule has 0 bridgehead atoms. The molecule has 1 aromatic heterocycles. The number of nitrogens with zero attached hydrogens (tertiary/aromatic N) is 1. The van der Waals surface area contributed by atoms with Gasteiger partial charge in [-0.3, -0.25) is 0 Å². The van der Waals surface area contributed by atoms with Gasteiger partial charge in [0.2, 0.25) is 5.88 Å². The maximum Gasteiger partial charge on any atom is 0.262 e. The lowest BCUT2D eigenvalue weighted by Gasteiger charge is -2.32. The molecule has 5 aromatic rings. The Morgan fingerprint density at radius 3 is 1.60 bits per heavy atom. The summed E-state index contributed by atoms with van der Waals surface area (Å²) in [6.45, 7) is 19.1. The molecule has 0 unspecified atom stereocenters. The van der Waals surface area contributed by atoms with Crippen LogP contribution in [0.15, 0.2) is 85.1 Å². The summed E-state index contributed by atoms with van der Waals surface area (Å²) in [6.07, 6.45) is 4.08. The molecule has 4 aliphatic rings. The molecule has 2 aliphatic heterocycles. The minimum absolute atomic E-state index is 0.0157. The quantitative estimate of drug-likeness (QED) is 0.182. The van der Waals surface area contributed by atoms with Crippen molar-refractivity contribution in [3.8, 4) is 45.4 Å². The number of benzene rings is 4. The van der Waals surface area contributed by atoms with E-state index in [0.717, 1.165) is 46.5 Å². The molecule has 9 rings (SSSR count). The van der Waals surface area contributed by atoms with E-state index in [0.29, 0.717) is 5.88 Å². The zero-order valence-electron chi connectivity index (χ0n) is 28.8. The largest absolute Gasteiger partial charge is 0.458 e. The fraction of sp³-hybridized carbons (Fsp3) is 0.326. The fourth-order valence-electron chi connectivity index (χ4n) is 10.4. The average molecular weight is 616 g/mol. The van der Waals surface area contributed by atoms with E-state index in [1.165, 1.54) is 44.5 Å². The molecule has 0 amide bonds. The first-order valence-electron chi connectivity index (χ1n) is 17.2. The molecular formula is C43H42BNO2. The molecule has 4 aromatic carbocycles. The number of hydrogen-bond donors (Lipinski definition) is 0. The Morgan fingerprint density at radius 2 is 1.06 bits per heavy atom. The molecule has 2 aliphatic carbocycles. The monoisotopic (exact) mass is 615 g/mol. The van der Waals surface area contributed by atoms with Crippen LogP contribution in [0, 0.1) is 0 Å². The van der Waals surface area contributed by atoms with Crippen LogP contribution in [0.1, 0.15) is 90.5 Å². The number of aromatic nitrogens is 1. The second-order valence-corrected chi connectivity index (χ2v) is 17.0. The Balaban J connectivity index is 1.18. The highest BCUT2D eigenvalue weighted by molar-refractivity contribution is 6.98. The highest BCUT2D eigenvalue weighted by atomic mass is 16.5. The van der Waals surface area contributed by atoms with Gasteiger partial charge in [0, 0.05) is 11.7 Å². The SMILES string of the molecule is CC1(C)CC(C)(C)c2c(-c3ccc4c(c3)Oc3ccnc5c3B4c3ccc(-c4cccc6c4C(C)(C)CC6(C)C)cc3O5)cccc21. The maximum absolute atomic E-state index is 6.68. The molecule has 3 nitrogen and oxygen atoms in total. The fourth-order valence-corrected chi connectivity index (χ4v) is 10.4. The average Bonchev–Trinajstić information content (AvgIpc) is 3.35. The lowest BCUT2D eigenvalue weighted by Crippen LogP contribution is -2.57. The van der Waals surface area contributed by atoms with Gasteiger partial charge in [0.1, 0.15) is 17.2 Å². The van der Waals surface area contributed by atoms with E-state index in [-0.39, 0.29) is 28.4 Å². The Labute approximate surface area is 279 Å². The van der Waals surface area contributed by atoms with Crippen molar-refractivity contribution in [2.24, 2.45) is 0 Å². The van der Waals surface area contributed by atoms with Gasteiger partial charge in [0.05, 0.1) is 0 Å². The molecule has 234 valence electrons. The van der Waals surface area contributed by atoms with Gasteiger partial charge < -0.3 is 9.47 Å². The topological polar surface area (TPSA) is 31.4 Å². The van der Waals surface area contributed by atoms with Crippen LogP contribution < -0.4 is 25.9 Å². The van der Waals surface area contributed by atoms with E-state index in [4.69, 9.17) is 14.5 Å². The van der Waals surface area contributed by atoms with Crippen molar-refractivity contribution in [1.29, 1.82) is 0 Å². The van der Waals surface area contributed by atoms with E-state index in [9.17, 15) is 0 Å². The molecule has 0 saturated carbocycles. The summed E-state index contributed by atoms with van der Waals surface area (Å²) in [4.78, 5) is 4.72. The lowest BCUT2D eigenvalue weighted by molar-refractivity contribution is 0.403. The molecule has 0 saturated heterocycles. The first-order valence-corrected chi connectivity index (χ1v) is 17.2. The smallest absolute Gasteiger partial charge is 0.262 e. The Bertz CT molecular complexity index is 2020. The number of rotatable bonds is 2. The lowest BCUT2D eigenvalue weighted by atomic mass is 9.35. The molecule has 0 atom stereocenters. The van der Waals surface area contributed by atoms with E-state index in [2.05, 4.69) is 128 Å². The number of ether oxygens (including phenoxy) is 2. The van der Waals surface area contributed by atoms with Crippen LogP contribution in [0.3, 0.4) is 0 Å². The van der Waals surface area contributed by atoms with Crippen molar-refractivity contribution < 1.29 is 9.47 Å². The Kier molecular flexibility index (Phi) is 5.65. The van der Waals surface area contributed by atoms with Crippen LogP contribution in [-0.4, -0.2) is 11.7 Å². The van der Waals surface area contributed by atoms with Crippen molar-refractivity contribution in [3.63, 3.8) is 0 Å². The van der Waals surface area contributed by atoms with Gasteiger partial charge >= 0.3 is 0 Å². The minimum atomic E-state index is -0.0157. The van der Waals surface area contributed by atoms with Crippen LogP contribution in [0.25, 0.3) is 22.3 Å². The van der Waals surface area contributed by atoms with Gasteiger partial charge in [0.15, 0.2) is 0 Å². The summed E-state index contributed by atoms with van der Waals surface area (Å²) in [6, 6.07) is 29.3. The van der Waals surface area contributed by atoms with Gasteiger partial charge in [-0.2, -0.15) is 0 Å². The van der Waals surface area contributed by atoms with Gasteiger partial charge in [-0.05, 0) is 108 Å². The third kappa shape index (κ3) is 4.03. The van der Waals surface area contributed by atoms with Crippen molar-refractivity contribution in [1.82, 2.24) is 4.98 Å². The van der Waals surface area contributed by atoms with Crippen LogP contribution in [0.2, 0.25) is 0 Å². The van der Waals surface area contributed by atoms with E-state index in [1.807, 2.05) is 6.07 Å². The predicted octanol–water partition coefficient (Wildman–Crippen LogP) is 9.06. The van der Waals surface area contributed by atoms with Gasteiger partial charge in [-0.1, -0.05) is 116 Å². The second kappa shape index (κ2) is 9.19. The highest BCUT2D eigenvalue weighted by Gasteiger charge is 2.46. The van der Waals surface area contributed by atoms with Crippen LogP contribution in [0.4, 0.5) is 0 Å². The molecular weight excluding hydrogens is 573 g/mol. The number of hydrogen-bond acceptors (Lipinski definition) is 3. The predicted molar refractivity (Wildman–Crippen MR) is 194 cm³/mol. The van der Waals surface area contributed by atoms with Crippen molar-refractivity contribution in [2.45, 2.75) is 89.9 Å². The van der Waals surface area contributed by atoms with Crippen LogP contribution >= 0.6 is 0 Å². The van der Waals surface area contributed by atoms with E-state index in [1.54, 1.807) is 6.20 Å². The number of fused-ring (bicyclic) bond motifs is 6. The zero-order chi connectivity index (χ0) is 32.7. The van der Waals surface area contributed by atoms with E-state index < -0.39 is 0 Å². The van der Waals surface area contributed by atoms with Crippen molar-refractivity contribution in [2.75, 3.05) is 0 Å². The van der Waals surface area contributed by atoms with Gasteiger partial charge in [-0.15, -0.1) is 0 Å². The van der Waals surface area contributed by atoms with Crippen molar-refractivity contribution >= 4 is 23.1 Å². The summed E-state index contributed by atoms with van der Waals surface area (Å²) in [5.41, 5.74) is 14.7. The summed E-state index contributed by atoms with van der Waals surface area (Å²) < 4.78 is 13.3. The van der Waals surface area contributed by atoms with Crippen LogP contribution in [-0.2, 0) is 21.7 Å². The standard InChI is InChI=1S/C43H42BNO2/c1-40(2)23-42(5,6)36-27(11-9-13-29(36)40)25-15-17-31-34(21-25)46-33-19-20-45-39-38(33)44(31)32-18-16-26(22-35(32)47-39)28-12-10-14-30-37(28)43(7,8)24-41(30,3)4/h9-22H,23-24H2,1-8H3. The third-order valence-electron chi connectivity index (χ3n) is 11.6. The number of pyridine rings is 1. The first kappa shape index (κ1) is 28.9. The normalized spacial score (nSPS) is 19.4. The van der Waals surface area contributed by atoms with Crippen LogP contribution in [0.5, 0.6) is 23.1 Å². The summed E-state index contributed by atoms with van der Waals surface area (Å²) in [7, 11) is 0. The van der Waals surface area contributed by atoms with Gasteiger partial charge in [0.25, 0.3) is 6.71 Å². The van der Waals surface area contributed by atoms with Gasteiger partial charge in [-0.25, -0.2) is 4.98 Å². The summed E-state index contributed by atoms with van der Waals surface area (Å²) in [5, 5.41) is 0. The highest BCUT2D eigenvalue weighted by Crippen LogP contribution is 2.54. The van der Waals surface area contributed by atoms with E-state index >= 15 is 0 Å². The molecule has 0 spiro atoms. The molecule has 3 heterocycles. The Morgan fingerprint density at radius 1 is 0.553 bits per heavy atom. The Hall–Kier alpha value is -4.31. The minimum Gasteiger partial charge on any atom is -0.458 e. The molecule has 0 fully saturated rings. The molecule has 47 heavy (non-hydrogen) atoms. The third-order valence-corrected chi connectivity index (χ3v) is 11.6. The summed E-state index contributed by atoms with van der Waals surface area (Å²) in [5.74, 6) is 3.24. The summed E-state index contributed by atoms with van der Waals surface area (Å²) >= 11 is 0. The first-order chi connectivity index (χ1) is 22.3. The molecule has 0 N–H and O–H groups in total. The van der Waals surface area contributed by atoms with Crippen molar-refractivity contribution in [3.05, 3.63) is 107 Å². The molecule has 4 heteroatoms.